The molecule has 0 radical (unpaired) electrons. The van der Waals surface area contributed by atoms with Gasteiger partial charge in [-0.05, 0) is 43.7 Å². The van der Waals surface area contributed by atoms with Crippen molar-refractivity contribution in [1.82, 2.24) is 0 Å². The first kappa shape index (κ1) is 15.4. The van der Waals surface area contributed by atoms with Gasteiger partial charge in [0.25, 0.3) is 0 Å². The van der Waals surface area contributed by atoms with Crippen LogP contribution < -0.4 is 0 Å². The number of thioether (sulfide) groups is 1. The van der Waals surface area contributed by atoms with Gasteiger partial charge in [0, 0.05) is 15.5 Å². The van der Waals surface area contributed by atoms with Crippen LogP contribution in [0.4, 0.5) is 0 Å². The van der Waals surface area contributed by atoms with Gasteiger partial charge < -0.3 is 0 Å². The van der Waals surface area contributed by atoms with Crippen LogP contribution in [0.2, 0.25) is 10.0 Å². The maximum absolute atomic E-state index is 12.2. The highest BCUT2D eigenvalue weighted by atomic mass is 35.5. The van der Waals surface area contributed by atoms with Gasteiger partial charge in [-0.2, -0.15) is 0 Å². The molecule has 4 heteroatoms. The molecule has 2 aromatic carbocycles. The summed E-state index contributed by atoms with van der Waals surface area (Å²) in [7, 11) is 0. The lowest BCUT2D eigenvalue weighted by Gasteiger charge is -2.07. The summed E-state index contributed by atoms with van der Waals surface area (Å²) in [5, 5.41) is 0.967. The number of halogens is 2. The predicted molar refractivity (Wildman–Crippen MR) is 87.4 cm³/mol. The van der Waals surface area contributed by atoms with Gasteiger partial charge in [0.2, 0.25) is 0 Å². The van der Waals surface area contributed by atoms with Crippen molar-refractivity contribution in [2.45, 2.75) is 18.7 Å². The van der Waals surface area contributed by atoms with Crippen LogP contribution in [0.3, 0.4) is 0 Å². The van der Waals surface area contributed by atoms with Crippen molar-refractivity contribution in [3.05, 3.63) is 63.1 Å². The zero-order valence-corrected chi connectivity index (χ0v) is 13.6. The lowest BCUT2D eigenvalue weighted by molar-refractivity contribution is 0.102. The van der Waals surface area contributed by atoms with E-state index in [1.165, 1.54) is 22.9 Å². The fourth-order valence-electron chi connectivity index (χ4n) is 1.89. The molecule has 0 spiro atoms. The summed E-state index contributed by atoms with van der Waals surface area (Å²) in [4.78, 5) is 13.3. The molecule has 0 aliphatic rings. The Morgan fingerprint density at radius 1 is 1.10 bits per heavy atom. The molecule has 0 amide bonds. The van der Waals surface area contributed by atoms with Crippen molar-refractivity contribution in [2.75, 3.05) is 5.75 Å². The minimum absolute atomic E-state index is 0.0116. The minimum atomic E-state index is -0.0116. The Labute approximate surface area is 133 Å². The molecule has 2 aromatic rings. The van der Waals surface area contributed by atoms with Gasteiger partial charge in [-0.15, -0.1) is 11.8 Å². The summed E-state index contributed by atoms with van der Waals surface area (Å²) in [5.74, 6) is 0.340. The molecule has 0 heterocycles. The van der Waals surface area contributed by atoms with Crippen LogP contribution in [0.25, 0.3) is 0 Å². The maximum Gasteiger partial charge on any atom is 0.174 e. The number of hydrogen-bond donors (Lipinski definition) is 0. The highest BCUT2D eigenvalue weighted by Gasteiger charge is 2.12. The van der Waals surface area contributed by atoms with E-state index in [1.807, 2.05) is 19.1 Å². The Balaban J connectivity index is 2.10. The first-order valence-corrected chi connectivity index (χ1v) is 7.90. The molecule has 0 saturated carbocycles. The molecule has 0 saturated heterocycles. The molecule has 20 heavy (non-hydrogen) atoms. The monoisotopic (exact) mass is 324 g/mol. The van der Waals surface area contributed by atoms with Gasteiger partial charge >= 0.3 is 0 Å². The number of carbonyl (C=O) groups excluding carboxylic acids is 1. The maximum atomic E-state index is 12.2. The molecule has 0 atom stereocenters. The minimum Gasteiger partial charge on any atom is -0.293 e. The number of aryl methyl sites for hydroxylation is 2. The average Bonchev–Trinajstić information content (AvgIpc) is 2.40. The van der Waals surface area contributed by atoms with Crippen LogP contribution in [0.15, 0.2) is 41.3 Å². The number of benzene rings is 2. The summed E-state index contributed by atoms with van der Waals surface area (Å²) in [5.41, 5.74) is 2.88. The fraction of sp³-hybridized carbons (Fsp3) is 0.188. The lowest BCUT2D eigenvalue weighted by atomic mass is 10.1. The van der Waals surface area contributed by atoms with Gasteiger partial charge in [-0.25, -0.2) is 0 Å². The highest BCUT2D eigenvalue weighted by molar-refractivity contribution is 8.00. The van der Waals surface area contributed by atoms with E-state index in [0.717, 1.165) is 4.90 Å². The molecule has 0 bridgehead atoms. The molecular weight excluding hydrogens is 311 g/mol. The zero-order valence-electron chi connectivity index (χ0n) is 11.2. The topological polar surface area (TPSA) is 17.1 Å². The van der Waals surface area contributed by atoms with Gasteiger partial charge in [0.1, 0.15) is 0 Å². The van der Waals surface area contributed by atoms with Gasteiger partial charge in [0.15, 0.2) is 5.78 Å². The average molecular weight is 325 g/mol. The first-order chi connectivity index (χ1) is 9.47. The molecule has 0 unspecified atom stereocenters. The van der Waals surface area contributed by atoms with Crippen molar-refractivity contribution in [1.29, 1.82) is 0 Å². The summed E-state index contributed by atoms with van der Waals surface area (Å²) in [6.07, 6.45) is 0. The number of Topliss-reactive ketones (excluding diaryl/α,β-unsaturated/α-hetero) is 1. The van der Waals surface area contributed by atoms with Crippen molar-refractivity contribution in [3.8, 4) is 0 Å². The lowest BCUT2D eigenvalue weighted by Crippen LogP contribution is -2.03. The molecule has 0 fully saturated rings. The Morgan fingerprint density at radius 2 is 1.85 bits per heavy atom. The molecule has 1 nitrogen and oxygen atoms in total. The molecule has 0 aliphatic carbocycles. The Kier molecular flexibility index (Phi) is 5.14. The van der Waals surface area contributed by atoms with E-state index >= 15 is 0 Å². The smallest absolute Gasteiger partial charge is 0.174 e. The summed E-state index contributed by atoms with van der Waals surface area (Å²) >= 11 is 13.5. The zero-order chi connectivity index (χ0) is 14.7. The molecule has 104 valence electrons. The van der Waals surface area contributed by atoms with Crippen LogP contribution in [0.5, 0.6) is 0 Å². The molecule has 0 N–H and O–H groups in total. The van der Waals surface area contributed by atoms with Gasteiger partial charge in [0.05, 0.1) is 10.8 Å². The third-order valence-corrected chi connectivity index (χ3v) is 4.66. The second-order valence-corrected chi connectivity index (χ2v) is 6.47. The van der Waals surface area contributed by atoms with Crippen LogP contribution in [0, 0.1) is 13.8 Å². The van der Waals surface area contributed by atoms with Gasteiger partial charge in [-0.1, -0.05) is 40.9 Å². The van der Waals surface area contributed by atoms with E-state index in [0.29, 0.717) is 21.4 Å². The number of rotatable bonds is 4. The number of carbonyl (C=O) groups is 1. The summed E-state index contributed by atoms with van der Waals surface area (Å²) in [6.45, 7) is 4.10. The molecule has 0 aliphatic heterocycles. The number of ketones is 1. The molecule has 2 rings (SSSR count). The van der Waals surface area contributed by atoms with Crippen molar-refractivity contribution in [2.24, 2.45) is 0 Å². The highest BCUT2D eigenvalue weighted by Crippen LogP contribution is 2.26. The fourth-order valence-corrected chi connectivity index (χ4v) is 3.18. The van der Waals surface area contributed by atoms with Crippen molar-refractivity contribution < 1.29 is 4.79 Å². The van der Waals surface area contributed by atoms with Crippen LogP contribution in [-0.2, 0) is 0 Å². The predicted octanol–water partition coefficient (Wildman–Crippen LogP) is 5.59. The second kappa shape index (κ2) is 6.66. The van der Waals surface area contributed by atoms with Crippen LogP contribution in [-0.4, -0.2) is 11.5 Å². The molecule has 0 aromatic heterocycles. The number of hydrogen-bond acceptors (Lipinski definition) is 2. The Morgan fingerprint density at radius 3 is 2.55 bits per heavy atom. The van der Waals surface area contributed by atoms with E-state index in [2.05, 4.69) is 13.0 Å². The van der Waals surface area contributed by atoms with Gasteiger partial charge in [-0.3, -0.25) is 4.79 Å². The van der Waals surface area contributed by atoms with E-state index < -0.39 is 0 Å². The largest absolute Gasteiger partial charge is 0.293 e. The van der Waals surface area contributed by atoms with Crippen LogP contribution in [0.1, 0.15) is 21.5 Å². The summed E-state index contributed by atoms with van der Waals surface area (Å²) < 4.78 is 0. The third-order valence-electron chi connectivity index (χ3n) is 2.92. The standard InChI is InChI=1S/C16H14Cl2OS/c1-10-3-6-16(11(2)7-10)20-9-15(19)13-8-12(17)4-5-14(13)18/h3-8H,9H2,1-2H3. The van der Waals surface area contributed by atoms with Crippen molar-refractivity contribution >= 4 is 40.7 Å². The third kappa shape index (κ3) is 3.78. The molecular formula is C16H14Cl2OS. The second-order valence-electron chi connectivity index (χ2n) is 4.60. The van der Waals surface area contributed by atoms with Crippen molar-refractivity contribution in [3.63, 3.8) is 0 Å². The Bertz CT molecular complexity index is 653. The Hall–Kier alpha value is -0.960. The first-order valence-electron chi connectivity index (χ1n) is 6.15. The SMILES string of the molecule is Cc1ccc(SCC(=O)c2cc(Cl)ccc2Cl)c(C)c1. The van der Waals surface area contributed by atoms with Crippen LogP contribution >= 0.6 is 35.0 Å². The van der Waals surface area contributed by atoms with E-state index in [-0.39, 0.29) is 5.78 Å². The normalized spacial score (nSPS) is 10.6. The summed E-state index contributed by atoms with van der Waals surface area (Å²) in [6, 6.07) is 11.2. The van der Waals surface area contributed by atoms with E-state index in [9.17, 15) is 4.79 Å². The quantitative estimate of drug-likeness (QED) is 0.539. The van der Waals surface area contributed by atoms with E-state index in [1.54, 1.807) is 18.2 Å². The van der Waals surface area contributed by atoms with E-state index in [4.69, 9.17) is 23.2 Å².